The Morgan fingerprint density at radius 2 is 2.15 bits per heavy atom. The van der Waals surface area contributed by atoms with Crippen LogP contribution in [0.5, 0.6) is 0 Å². The van der Waals surface area contributed by atoms with Crippen LogP contribution in [-0.4, -0.2) is 39.9 Å². The smallest absolute Gasteiger partial charge is 0.0738 e. The van der Waals surface area contributed by atoms with Crippen molar-refractivity contribution in [1.29, 1.82) is 0 Å². The lowest BCUT2D eigenvalue weighted by molar-refractivity contribution is -0.131. The minimum Gasteiger partial charge on any atom is -0.396 e. The predicted molar refractivity (Wildman–Crippen MR) is 76.8 cm³/mol. The van der Waals surface area contributed by atoms with Crippen molar-refractivity contribution in [3.05, 3.63) is 18.5 Å². The summed E-state index contributed by atoms with van der Waals surface area (Å²) in [4.78, 5) is 4.66. The van der Waals surface area contributed by atoms with Crippen LogP contribution in [0.1, 0.15) is 25.7 Å². The van der Waals surface area contributed by atoms with Crippen molar-refractivity contribution in [1.82, 2.24) is 4.98 Å². The lowest BCUT2D eigenvalue weighted by atomic mass is 9.86. The fourth-order valence-corrected chi connectivity index (χ4v) is 4.62. The van der Waals surface area contributed by atoms with Crippen molar-refractivity contribution < 1.29 is 13.7 Å². The topological polar surface area (TPSA) is 74.4 Å². The van der Waals surface area contributed by atoms with E-state index in [1.165, 1.54) is 0 Å². The number of rotatable bonds is 2. The molecule has 1 spiro atoms. The second-order valence-electron chi connectivity index (χ2n) is 5.47. The number of ether oxygens (including phenoxy) is 2. The Hall–Kier alpha value is -0.980. The van der Waals surface area contributed by atoms with Gasteiger partial charge in [-0.2, -0.15) is 0 Å². The fourth-order valence-electron chi connectivity index (χ4n) is 3.01. The number of hydrogen-bond donors (Lipinski definition) is 1. The minimum absolute atomic E-state index is 0.103. The maximum absolute atomic E-state index is 12.8. The highest BCUT2D eigenvalue weighted by Crippen LogP contribution is 2.37. The predicted octanol–water partition coefficient (Wildman–Crippen LogP) is 1.50. The van der Waals surface area contributed by atoms with Crippen LogP contribution in [-0.2, 0) is 20.3 Å². The molecule has 1 aromatic heterocycles. The first-order chi connectivity index (χ1) is 9.70. The summed E-state index contributed by atoms with van der Waals surface area (Å²) in [5.41, 5.74) is 6.26. The van der Waals surface area contributed by atoms with Gasteiger partial charge in [0.15, 0.2) is 0 Å². The van der Waals surface area contributed by atoms with E-state index in [4.69, 9.17) is 15.2 Å². The van der Waals surface area contributed by atoms with Crippen molar-refractivity contribution >= 4 is 16.5 Å². The molecule has 0 aromatic carbocycles. The zero-order valence-corrected chi connectivity index (χ0v) is 12.2. The van der Waals surface area contributed by atoms with Gasteiger partial charge in [-0.3, -0.25) is 9.19 Å². The van der Waals surface area contributed by atoms with Crippen molar-refractivity contribution in [3.8, 4) is 0 Å². The summed E-state index contributed by atoms with van der Waals surface area (Å²) >= 11 is 0. The van der Waals surface area contributed by atoms with Gasteiger partial charge in [-0.25, -0.2) is 0 Å². The quantitative estimate of drug-likeness (QED) is 0.895. The SMILES string of the molecule is Nc1cnccc1S(=O)C1CCOC2(CCOCC2)C1. The third-order valence-electron chi connectivity index (χ3n) is 4.18. The van der Waals surface area contributed by atoms with Gasteiger partial charge in [-0.15, -0.1) is 0 Å². The van der Waals surface area contributed by atoms with E-state index in [0.717, 1.165) is 38.9 Å². The molecule has 0 amide bonds. The van der Waals surface area contributed by atoms with Crippen molar-refractivity contribution in [2.24, 2.45) is 0 Å². The van der Waals surface area contributed by atoms with Gasteiger partial charge in [0.05, 0.1) is 33.2 Å². The molecule has 3 rings (SSSR count). The third-order valence-corrected chi connectivity index (χ3v) is 5.99. The molecule has 2 saturated heterocycles. The number of pyridine rings is 1. The largest absolute Gasteiger partial charge is 0.396 e. The summed E-state index contributed by atoms with van der Waals surface area (Å²) in [6, 6.07) is 1.76. The molecule has 2 unspecified atom stereocenters. The molecule has 0 saturated carbocycles. The van der Waals surface area contributed by atoms with Crippen molar-refractivity contribution in [2.45, 2.75) is 41.4 Å². The lowest BCUT2D eigenvalue weighted by Gasteiger charge is -2.43. The van der Waals surface area contributed by atoms with Crippen LogP contribution in [0.15, 0.2) is 23.4 Å². The van der Waals surface area contributed by atoms with E-state index >= 15 is 0 Å². The fraction of sp³-hybridized carbons (Fsp3) is 0.643. The van der Waals surface area contributed by atoms with Crippen LogP contribution in [0.25, 0.3) is 0 Å². The maximum atomic E-state index is 12.8. The Bertz CT molecular complexity index is 497. The second-order valence-corrected chi connectivity index (χ2v) is 7.17. The molecule has 2 N–H and O–H groups in total. The van der Waals surface area contributed by atoms with E-state index in [1.54, 1.807) is 18.5 Å². The molecule has 0 aliphatic carbocycles. The van der Waals surface area contributed by atoms with Crippen LogP contribution in [0.2, 0.25) is 0 Å². The summed E-state index contributed by atoms with van der Waals surface area (Å²) < 4.78 is 24.2. The van der Waals surface area contributed by atoms with Gasteiger partial charge in [0.2, 0.25) is 0 Å². The number of nitrogen functional groups attached to an aromatic ring is 1. The molecule has 6 heteroatoms. The molecule has 1 aromatic rings. The number of aromatic nitrogens is 1. The van der Waals surface area contributed by atoms with E-state index < -0.39 is 10.8 Å². The number of hydrogen-bond acceptors (Lipinski definition) is 5. The summed E-state index contributed by atoms with van der Waals surface area (Å²) in [5, 5.41) is 0.103. The van der Waals surface area contributed by atoms with Crippen LogP contribution >= 0.6 is 0 Å². The van der Waals surface area contributed by atoms with E-state index in [-0.39, 0.29) is 10.9 Å². The van der Waals surface area contributed by atoms with Gasteiger partial charge < -0.3 is 15.2 Å². The molecule has 0 bridgehead atoms. The molecule has 3 heterocycles. The number of anilines is 1. The first-order valence-corrected chi connectivity index (χ1v) is 8.23. The minimum atomic E-state index is -1.09. The van der Waals surface area contributed by atoms with Crippen molar-refractivity contribution in [3.63, 3.8) is 0 Å². The molecule has 5 nitrogen and oxygen atoms in total. The standard InChI is InChI=1S/C14H20N2O3S/c15-12-10-16-5-1-13(12)20(17)11-2-6-19-14(9-11)3-7-18-8-4-14/h1,5,10-11H,2-4,6-9,15H2. The van der Waals surface area contributed by atoms with E-state index in [1.807, 2.05) is 0 Å². The molecule has 2 aliphatic heterocycles. The first-order valence-electron chi connectivity index (χ1n) is 7.02. The summed E-state index contributed by atoms with van der Waals surface area (Å²) in [6.45, 7) is 2.13. The Morgan fingerprint density at radius 3 is 2.90 bits per heavy atom. The molecule has 2 aliphatic rings. The molecular formula is C14H20N2O3S. The zero-order chi connectivity index (χ0) is 14.0. The summed E-state index contributed by atoms with van der Waals surface area (Å²) in [7, 11) is -1.09. The average Bonchev–Trinajstić information content (AvgIpc) is 2.48. The second kappa shape index (κ2) is 5.79. The van der Waals surface area contributed by atoms with Gasteiger partial charge in [0.25, 0.3) is 0 Å². The number of nitrogens with two attached hydrogens (primary N) is 1. The van der Waals surface area contributed by atoms with Crippen LogP contribution in [0.4, 0.5) is 5.69 Å². The summed E-state index contributed by atoms with van der Waals surface area (Å²) in [6.07, 6.45) is 6.64. The van der Waals surface area contributed by atoms with Crippen LogP contribution in [0.3, 0.4) is 0 Å². The van der Waals surface area contributed by atoms with Crippen molar-refractivity contribution in [2.75, 3.05) is 25.6 Å². The average molecular weight is 296 g/mol. The van der Waals surface area contributed by atoms with E-state index in [9.17, 15) is 4.21 Å². The van der Waals surface area contributed by atoms with Crippen LogP contribution < -0.4 is 5.73 Å². The molecular weight excluding hydrogens is 276 g/mol. The highest BCUT2D eigenvalue weighted by atomic mass is 32.2. The van der Waals surface area contributed by atoms with Gasteiger partial charge in [0, 0.05) is 31.3 Å². The molecule has 20 heavy (non-hydrogen) atoms. The molecule has 0 radical (unpaired) electrons. The molecule has 2 atom stereocenters. The first kappa shape index (κ1) is 14.0. The van der Waals surface area contributed by atoms with Gasteiger partial charge in [0.1, 0.15) is 0 Å². The maximum Gasteiger partial charge on any atom is 0.0738 e. The lowest BCUT2D eigenvalue weighted by Crippen LogP contribution is -2.47. The number of nitrogens with zero attached hydrogens (tertiary/aromatic N) is 1. The highest BCUT2D eigenvalue weighted by molar-refractivity contribution is 7.85. The highest BCUT2D eigenvalue weighted by Gasteiger charge is 2.41. The third kappa shape index (κ3) is 2.73. The van der Waals surface area contributed by atoms with E-state index in [2.05, 4.69) is 4.98 Å². The monoisotopic (exact) mass is 296 g/mol. The zero-order valence-electron chi connectivity index (χ0n) is 11.4. The Kier molecular flexibility index (Phi) is 4.05. The Morgan fingerprint density at radius 1 is 1.35 bits per heavy atom. The normalized spacial score (nSPS) is 27.3. The molecule has 2 fully saturated rings. The Balaban J connectivity index is 1.77. The van der Waals surface area contributed by atoms with Gasteiger partial charge in [-0.05, 0) is 31.7 Å². The molecule has 110 valence electrons. The van der Waals surface area contributed by atoms with Gasteiger partial charge >= 0.3 is 0 Å². The Labute approximate surface area is 121 Å². The summed E-state index contributed by atoms with van der Waals surface area (Å²) in [5.74, 6) is 0. The van der Waals surface area contributed by atoms with E-state index in [0.29, 0.717) is 17.2 Å². The van der Waals surface area contributed by atoms with Gasteiger partial charge in [-0.1, -0.05) is 0 Å². The van der Waals surface area contributed by atoms with Crippen LogP contribution in [0, 0.1) is 0 Å².